The lowest BCUT2D eigenvalue weighted by Crippen LogP contribution is -2.39. The molecule has 0 aliphatic carbocycles. The number of nitrogens with zero attached hydrogens (tertiary/aromatic N) is 1. The van der Waals surface area contributed by atoms with Crippen LogP contribution in [0.15, 0.2) is 54.6 Å². The molecule has 0 aliphatic heterocycles. The van der Waals surface area contributed by atoms with Crippen LogP contribution in [-0.4, -0.2) is 24.1 Å². The summed E-state index contributed by atoms with van der Waals surface area (Å²) < 4.78 is 0. The second-order valence-electron chi connectivity index (χ2n) is 4.97. The molecule has 2 aromatic rings. The Kier molecular flexibility index (Phi) is 5.25. The normalized spacial score (nSPS) is 10.0. The molecule has 0 atom stereocenters. The summed E-state index contributed by atoms with van der Waals surface area (Å²) >= 11 is 0. The molecule has 0 saturated carbocycles. The van der Waals surface area contributed by atoms with Crippen molar-refractivity contribution in [1.29, 1.82) is 0 Å². The van der Waals surface area contributed by atoms with Gasteiger partial charge in [0.2, 0.25) is 0 Å². The van der Waals surface area contributed by atoms with E-state index in [0.29, 0.717) is 23.5 Å². The molecule has 0 fully saturated rings. The zero-order chi connectivity index (χ0) is 16.8. The molecule has 0 spiro atoms. The van der Waals surface area contributed by atoms with Crippen molar-refractivity contribution in [2.45, 2.75) is 13.8 Å². The number of hydrogen-bond acceptors (Lipinski definition) is 3. The van der Waals surface area contributed by atoms with Gasteiger partial charge >= 0.3 is 11.8 Å². The highest BCUT2D eigenvalue weighted by atomic mass is 16.2. The topological polar surface area (TPSA) is 66.5 Å². The number of para-hydroxylation sites is 1. The summed E-state index contributed by atoms with van der Waals surface area (Å²) in [5.74, 6) is -1.40. The van der Waals surface area contributed by atoms with Crippen LogP contribution in [0.4, 0.5) is 11.4 Å². The molecule has 23 heavy (non-hydrogen) atoms. The Balaban J connectivity index is 2.10. The number of nitrogens with one attached hydrogen (secondary N) is 1. The van der Waals surface area contributed by atoms with E-state index in [1.807, 2.05) is 18.2 Å². The van der Waals surface area contributed by atoms with Crippen molar-refractivity contribution in [3.05, 3.63) is 60.2 Å². The van der Waals surface area contributed by atoms with Gasteiger partial charge in [-0.1, -0.05) is 18.2 Å². The molecule has 0 aliphatic rings. The van der Waals surface area contributed by atoms with Crippen LogP contribution in [0.3, 0.4) is 0 Å². The van der Waals surface area contributed by atoms with Gasteiger partial charge in [0.15, 0.2) is 5.78 Å². The van der Waals surface area contributed by atoms with Gasteiger partial charge in [0.05, 0.1) is 0 Å². The van der Waals surface area contributed by atoms with Crippen LogP contribution >= 0.6 is 0 Å². The number of Topliss-reactive ketones (excluding diaryl/α,β-unsaturated/α-hetero) is 1. The highest BCUT2D eigenvalue weighted by Gasteiger charge is 2.22. The summed E-state index contributed by atoms with van der Waals surface area (Å²) in [6.07, 6.45) is 0. The molecule has 5 nitrogen and oxygen atoms in total. The molecular formula is C18H18N2O3. The highest BCUT2D eigenvalue weighted by Crippen LogP contribution is 2.15. The molecule has 118 valence electrons. The summed E-state index contributed by atoms with van der Waals surface area (Å²) in [4.78, 5) is 37.1. The number of carbonyl (C=O) groups is 3. The van der Waals surface area contributed by atoms with E-state index in [1.165, 1.54) is 11.8 Å². The third-order valence-electron chi connectivity index (χ3n) is 3.37. The summed E-state index contributed by atoms with van der Waals surface area (Å²) in [6.45, 7) is 3.66. The number of ketones is 1. The van der Waals surface area contributed by atoms with Gasteiger partial charge in [-0.05, 0) is 50.2 Å². The van der Waals surface area contributed by atoms with E-state index in [1.54, 1.807) is 43.3 Å². The lowest BCUT2D eigenvalue weighted by atomic mass is 10.1. The van der Waals surface area contributed by atoms with Crippen molar-refractivity contribution >= 4 is 29.0 Å². The maximum absolute atomic E-state index is 12.3. The predicted octanol–water partition coefficient (Wildman–Crippen LogP) is 2.88. The fourth-order valence-electron chi connectivity index (χ4n) is 2.15. The van der Waals surface area contributed by atoms with Gasteiger partial charge in [-0.25, -0.2) is 0 Å². The molecule has 5 heteroatoms. The number of carbonyl (C=O) groups excluding carboxylic acids is 3. The van der Waals surface area contributed by atoms with Crippen LogP contribution in [0.2, 0.25) is 0 Å². The molecule has 0 heterocycles. The van der Waals surface area contributed by atoms with E-state index in [0.717, 1.165) is 0 Å². The van der Waals surface area contributed by atoms with Crippen LogP contribution in [0.25, 0.3) is 0 Å². The third-order valence-corrected chi connectivity index (χ3v) is 3.37. The smallest absolute Gasteiger partial charge is 0.316 e. The van der Waals surface area contributed by atoms with Crippen molar-refractivity contribution in [3.8, 4) is 0 Å². The number of rotatable bonds is 4. The molecule has 2 amide bonds. The summed E-state index contributed by atoms with van der Waals surface area (Å²) in [5.41, 5.74) is 1.69. The van der Waals surface area contributed by atoms with Crippen molar-refractivity contribution in [3.63, 3.8) is 0 Å². The summed E-state index contributed by atoms with van der Waals surface area (Å²) in [6, 6.07) is 15.4. The number of hydrogen-bond donors (Lipinski definition) is 1. The van der Waals surface area contributed by atoms with E-state index < -0.39 is 11.8 Å². The van der Waals surface area contributed by atoms with E-state index >= 15 is 0 Å². The maximum atomic E-state index is 12.3. The molecule has 0 bridgehead atoms. The van der Waals surface area contributed by atoms with Crippen molar-refractivity contribution in [2.75, 3.05) is 16.8 Å². The number of anilines is 2. The fraction of sp³-hybridized carbons (Fsp3) is 0.167. The quantitative estimate of drug-likeness (QED) is 0.697. The van der Waals surface area contributed by atoms with Crippen LogP contribution in [0, 0.1) is 0 Å². The van der Waals surface area contributed by atoms with Gasteiger partial charge in [0, 0.05) is 23.5 Å². The van der Waals surface area contributed by atoms with Gasteiger partial charge in [-0.2, -0.15) is 0 Å². The van der Waals surface area contributed by atoms with Crippen LogP contribution in [0.1, 0.15) is 24.2 Å². The first-order valence-electron chi connectivity index (χ1n) is 7.31. The van der Waals surface area contributed by atoms with Crippen molar-refractivity contribution in [1.82, 2.24) is 0 Å². The van der Waals surface area contributed by atoms with Crippen LogP contribution in [0.5, 0.6) is 0 Å². The fourth-order valence-corrected chi connectivity index (χ4v) is 2.15. The molecule has 0 saturated heterocycles. The number of benzene rings is 2. The van der Waals surface area contributed by atoms with E-state index in [-0.39, 0.29) is 5.78 Å². The van der Waals surface area contributed by atoms with E-state index in [9.17, 15) is 14.4 Å². The Bertz CT molecular complexity index is 709. The monoisotopic (exact) mass is 310 g/mol. The van der Waals surface area contributed by atoms with Crippen molar-refractivity contribution < 1.29 is 14.4 Å². The summed E-state index contributed by atoms with van der Waals surface area (Å²) in [5, 5.41) is 2.55. The largest absolute Gasteiger partial charge is 0.318 e. The minimum atomic E-state index is -0.716. The SMILES string of the molecule is CCN(C(=O)C(=O)Nc1ccc(C(C)=O)cc1)c1ccccc1. The average Bonchev–Trinajstić information content (AvgIpc) is 2.57. The zero-order valence-electron chi connectivity index (χ0n) is 13.1. The highest BCUT2D eigenvalue weighted by molar-refractivity contribution is 6.44. The lowest BCUT2D eigenvalue weighted by Gasteiger charge is -2.20. The van der Waals surface area contributed by atoms with Gasteiger partial charge in [-0.3, -0.25) is 14.4 Å². The molecule has 2 rings (SSSR count). The van der Waals surface area contributed by atoms with Crippen LogP contribution < -0.4 is 10.2 Å². The van der Waals surface area contributed by atoms with Gasteiger partial charge < -0.3 is 10.2 Å². The standard InChI is InChI=1S/C18H18N2O3/c1-3-20(16-7-5-4-6-8-16)18(23)17(22)19-15-11-9-14(10-12-15)13(2)21/h4-12H,3H2,1-2H3,(H,19,22). The second-order valence-corrected chi connectivity index (χ2v) is 4.97. The van der Waals surface area contributed by atoms with Crippen molar-refractivity contribution in [2.24, 2.45) is 0 Å². The lowest BCUT2D eigenvalue weighted by molar-refractivity contribution is -0.134. The third kappa shape index (κ3) is 4.03. The van der Waals surface area contributed by atoms with E-state index in [4.69, 9.17) is 0 Å². The van der Waals surface area contributed by atoms with E-state index in [2.05, 4.69) is 5.32 Å². The molecule has 0 radical (unpaired) electrons. The van der Waals surface area contributed by atoms with Gasteiger partial charge in [0.1, 0.15) is 0 Å². The first-order chi connectivity index (χ1) is 11.0. The average molecular weight is 310 g/mol. The summed E-state index contributed by atoms with van der Waals surface area (Å²) in [7, 11) is 0. The number of likely N-dealkylation sites (N-methyl/N-ethyl adjacent to an activating group) is 1. The Morgan fingerprint density at radius 2 is 1.57 bits per heavy atom. The minimum absolute atomic E-state index is 0.0554. The van der Waals surface area contributed by atoms with Crippen LogP contribution in [-0.2, 0) is 9.59 Å². The Morgan fingerprint density at radius 1 is 0.957 bits per heavy atom. The number of amides is 2. The van der Waals surface area contributed by atoms with Gasteiger partial charge in [0.25, 0.3) is 0 Å². The molecule has 2 aromatic carbocycles. The molecular weight excluding hydrogens is 292 g/mol. The first-order valence-corrected chi connectivity index (χ1v) is 7.31. The first kappa shape index (κ1) is 16.4. The minimum Gasteiger partial charge on any atom is -0.318 e. The Labute approximate surface area is 134 Å². The maximum Gasteiger partial charge on any atom is 0.316 e. The Morgan fingerprint density at radius 3 is 2.09 bits per heavy atom. The Hall–Kier alpha value is -2.95. The predicted molar refractivity (Wildman–Crippen MR) is 89.5 cm³/mol. The zero-order valence-corrected chi connectivity index (χ0v) is 13.1. The molecule has 0 unspecified atom stereocenters. The van der Waals surface area contributed by atoms with Gasteiger partial charge in [-0.15, -0.1) is 0 Å². The second kappa shape index (κ2) is 7.35. The molecule has 1 N–H and O–H groups in total. The molecule has 0 aromatic heterocycles.